The van der Waals surface area contributed by atoms with E-state index in [2.05, 4.69) is 10.6 Å². The average molecular weight is 112 g/mol. The molecule has 2 atom stereocenters. The first-order chi connectivity index (χ1) is 3.86. The minimum atomic E-state index is 0.199. The van der Waals surface area contributed by atoms with Crippen LogP contribution in [0.5, 0.6) is 0 Å². The fourth-order valence-electron chi connectivity index (χ4n) is 1.23. The van der Waals surface area contributed by atoms with E-state index in [9.17, 15) is 4.79 Å². The van der Waals surface area contributed by atoms with Gasteiger partial charge in [-0.3, -0.25) is 4.79 Å². The topological polar surface area (TPSA) is 41.1 Å². The van der Waals surface area contributed by atoms with Gasteiger partial charge < -0.3 is 10.6 Å². The molecule has 3 nitrogen and oxygen atoms in total. The fraction of sp³-hybridized carbons (Fsp3) is 0.800. The minimum absolute atomic E-state index is 0.199. The highest BCUT2D eigenvalue weighted by Crippen LogP contribution is 2.14. The van der Waals surface area contributed by atoms with E-state index in [1.54, 1.807) is 0 Å². The third kappa shape index (κ3) is 0.395. The van der Waals surface area contributed by atoms with Gasteiger partial charge >= 0.3 is 0 Å². The predicted molar refractivity (Wildman–Crippen MR) is 28.3 cm³/mol. The SMILES string of the molecule is O=C1C[C@H]2NC[C@@H]2N1. The summed E-state index contributed by atoms with van der Waals surface area (Å²) in [7, 11) is 0. The van der Waals surface area contributed by atoms with Crippen molar-refractivity contribution >= 4 is 5.91 Å². The normalized spacial score (nSPS) is 42.8. The highest BCUT2D eigenvalue weighted by molar-refractivity contribution is 5.80. The lowest BCUT2D eigenvalue weighted by Gasteiger charge is -2.30. The van der Waals surface area contributed by atoms with Crippen LogP contribution in [0.3, 0.4) is 0 Å². The van der Waals surface area contributed by atoms with Crippen molar-refractivity contribution in [2.24, 2.45) is 0 Å². The first-order valence-corrected chi connectivity index (χ1v) is 2.89. The van der Waals surface area contributed by atoms with E-state index in [4.69, 9.17) is 0 Å². The van der Waals surface area contributed by atoms with Crippen molar-refractivity contribution in [3.05, 3.63) is 0 Å². The number of carbonyl (C=O) groups excluding carboxylic acids is 1. The van der Waals surface area contributed by atoms with Gasteiger partial charge in [0.2, 0.25) is 5.91 Å². The molecule has 2 rings (SSSR count). The van der Waals surface area contributed by atoms with Crippen LogP contribution < -0.4 is 10.6 Å². The van der Waals surface area contributed by atoms with Gasteiger partial charge in [-0.2, -0.15) is 0 Å². The maximum Gasteiger partial charge on any atom is 0.221 e. The van der Waals surface area contributed by atoms with Gasteiger partial charge in [0.05, 0.1) is 6.04 Å². The van der Waals surface area contributed by atoms with Crippen molar-refractivity contribution in [3.63, 3.8) is 0 Å². The number of hydrogen-bond acceptors (Lipinski definition) is 2. The van der Waals surface area contributed by atoms with Gasteiger partial charge in [0, 0.05) is 19.0 Å². The van der Waals surface area contributed by atoms with Crippen LogP contribution >= 0.6 is 0 Å². The van der Waals surface area contributed by atoms with E-state index in [0.717, 1.165) is 6.54 Å². The van der Waals surface area contributed by atoms with Crippen molar-refractivity contribution in [1.82, 2.24) is 10.6 Å². The predicted octanol–water partition coefficient (Wildman–Crippen LogP) is -1.15. The van der Waals surface area contributed by atoms with Crippen LogP contribution in [-0.2, 0) is 4.79 Å². The zero-order chi connectivity index (χ0) is 5.56. The molecule has 8 heavy (non-hydrogen) atoms. The Balaban J connectivity index is 2.10. The first-order valence-electron chi connectivity index (χ1n) is 2.89. The Labute approximate surface area is 47.4 Å². The second-order valence-electron chi connectivity index (χ2n) is 2.39. The van der Waals surface area contributed by atoms with Crippen LogP contribution in [0.1, 0.15) is 6.42 Å². The second-order valence-corrected chi connectivity index (χ2v) is 2.39. The van der Waals surface area contributed by atoms with Crippen LogP contribution in [-0.4, -0.2) is 24.5 Å². The number of rotatable bonds is 0. The Kier molecular flexibility index (Phi) is 0.663. The molecular weight excluding hydrogens is 104 g/mol. The third-order valence-electron chi connectivity index (χ3n) is 1.84. The van der Waals surface area contributed by atoms with Gasteiger partial charge in [-0.1, -0.05) is 0 Å². The molecule has 2 aliphatic rings. The standard InChI is InChI=1S/C5H8N2O/c8-5-1-3-4(7-5)2-6-3/h3-4,6H,1-2H2,(H,7,8)/t3-,4+/m1/s1. The van der Waals surface area contributed by atoms with Crippen molar-refractivity contribution in [2.45, 2.75) is 18.5 Å². The Morgan fingerprint density at radius 1 is 1.50 bits per heavy atom. The molecule has 0 spiro atoms. The fourth-order valence-corrected chi connectivity index (χ4v) is 1.23. The largest absolute Gasteiger partial charge is 0.350 e. The maximum atomic E-state index is 10.6. The van der Waals surface area contributed by atoms with E-state index in [0.29, 0.717) is 18.5 Å². The Bertz CT molecular complexity index is 120. The number of nitrogens with one attached hydrogen (secondary N) is 2. The van der Waals surface area contributed by atoms with Crippen LogP contribution in [0.15, 0.2) is 0 Å². The molecule has 2 heterocycles. The lowest BCUT2D eigenvalue weighted by Crippen LogP contribution is -2.58. The molecule has 2 N–H and O–H groups in total. The van der Waals surface area contributed by atoms with E-state index in [1.165, 1.54) is 0 Å². The molecule has 2 fully saturated rings. The molecule has 3 heteroatoms. The summed E-state index contributed by atoms with van der Waals surface area (Å²) in [5.74, 6) is 0.199. The summed E-state index contributed by atoms with van der Waals surface area (Å²) < 4.78 is 0. The van der Waals surface area contributed by atoms with Crippen LogP contribution in [0, 0.1) is 0 Å². The molecule has 2 aliphatic heterocycles. The highest BCUT2D eigenvalue weighted by atomic mass is 16.2. The molecule has 2 saturated heterocycles. The summed E-state index contributed by atoms with van der Waals surface area (Å²) in [5, 5.41) is 6.01. The number of carbonyl (C=O) groups is 1. The number of fused-ring (bicyclic) bond motifs is 1. The van der Waals surface area contributed by atoms with Gasteiger partial charge in [-0.15, -0.1) is 0 Å². The Morgan fingerprint density at radius 2 is 2.38 bits per heavy atom. The molecule has 0 unspecified atom stereocenters. The summed E-state index contributed by atoms with van der Waals surface area (Å²) >= 11 is 0. The summed E-state index contributed by atoms with van der Waals surface area (Å²) in [5.41, 5.74) is 0. The van der Waals surface area contributed by atoms with Crippen molar-refractivity contribution in [3.8, 4) is 0 Å². The molecule has 0 aliphatic carbocycles. The zero-order valence-electron chi connectivity index (χ0n) is 4.48. The van der Waals surface area contributed by atoms with E-state index in [-0.39, 0.29) is 5.91 Å². The van der Waals surface area contributed by atoms with E-state index < -0.39 is 0 Å². The van der Waals surface area contributed by atoms with Crippen LogP contribution in [0.25, 0.3) is 0 Å². The molecule has 0 bridgehead atoms. The number of hydrogen-bond donors (Lipinski definition) is 2. The molecule has 0 aromatic rings. The summed E-state index contributed by atoms with van der Waals surface area (Å²) in [6.07, 6.45) is 0.685. The molecule has 0 aromatic heterocycles. The molecule has 1 amide bonds. The van der Waals surface area contributed by atoms with Gasteiger partial charge in [-0.05, 0) is 0 Å². The summed E-state index contributed by atoms with van der Waals surface area (Å²) in [6.45, 7) is 0.969. The molecule has 0 aromatic carbocycles. The Hall–Kier alpha value is -0.570. The lowest BCUT2D eigenvalue weighted by molar-refractivity contribution is -0.119. The van der Waals surface area contributed by atoms with E-state index >= 15 is 0 Å². The van der Waals surface area contributed by atoms with Crippen molar-refractivity contribution in [1.29, 1.82) is 0 Å². The van der Waals surface area contributed by atoms with Gasteiger partial charge in [0.15, 0.2) is 0 Å². The smallest absolute Gasteiger partial charge is 0.221 e. The first kappa shape index (κ1) is 4.32. The van der Waals surface area contributed by atoms with Crippen LogP contribution in [0.2, 0.25) is 0 Å². The van der Waals surface area contributed by atoms with Crippen molar-refractivity contribution in [2.75, 3.05) is 6.54 Å². The summed E-state index contributed by atoms with van der Waals surface area (Å²) in [4.78, 5) is 10.6. The molecule has 0 saturated carbocycles. The minimum Gasteiger partial charge on any atom is -0.350 e. The number of amides is 1. The van der Waals surface area contributed by atoms with Gasteiger partial charge in [0.1, 0.15) is 0 Å². The van der Waals surface area contributed by atoms with Crippen molar-refractivity contribution < 1.29 is 4.79 Å². The van der Waals surface area contributed by atoms with Gasteiger partial charge in [0.25, 0.3) is 0 Å². The second kappa shape index (κ2) is 1.23. The molecule has 44 valence electrons. The van der Waals surface area contributed by atoms with Crippen LogP contribution in [0.4, 0.5) is 0 Å². The average Bonchev–Trinajstić information content (AvgIpc) is 1.91. The van der Waals surface area contributed by atoms with E-state index in [1.807, 2.05) is 0 Å². The molecular formula is C5H8N2O. The highest BCUT2D eigenvalue weighted by Gasteiger charge is 2.38. The van der Waals surface area contributed by atoms with Gasteiger partial charge in [-0.25, -0.2) is 0 Å². The monoisotopic (exact) mass is 112 g/mol. The third-order valence-corrected chi connectivity index (χ3v) is 1.84. The zero-order valence-corrected chi connectivity index (χ0v) is 4.48. The molecule has 0 radical (unpaired) electrons. The quantitative estimate of drug-likeness (QED) is 0.415. The lowest BCUT2D eigenvalue weighted by atomic mass is 10.0. The maximum absolute atomic E-state index is 10.6. The summed E-state index contributed by atoms with van der Waals surface area (Å²) in [6, 6.07) is 0.921. The Morgan fingerprint density at radius 3 is 2.62 bits per heavy atom.